The Morgan fingerprint density at radius 1 is 1.26 bits per heavy atom. The van der Waals surface area contributed by atoms with E-state index in [-0.39, 0.29) is 24.4 Å². The van der Waals surface area contributed by atoms with Gasteiger partial charge in [0.25, 0.3) is 0 Å². The minimum Gasteiger partial charge on any atom is -0.342 e. The van der Waals surface area contributed by atoms with E-state index in [1.54, 1.807) is 4.90 Å². The Labute approximate surface area is 114 Å². The lowest BCUT2D eigenvalue weighted by molar-refractivity contribution is -0.145. The Kier molecular flexibility index (Phi) is 3.48. The molecule has 0 radical (unpaired) electrons. The Hall–Kier alpha value is -1.10. The van der Waals surface area contributed by atoms with Gasteiger partial charge in [0.05, 0.1) is 6.54 Å². The number of hydrogen-bond acceptors (Lipinski definition) is 3. The summed E-state index contributed by atoms with van der Waals surface area (Å²) in [5.41, 5.74) is 0. The normalized spacial score (nSPS) is 33.4. The van der Waals surface area contributed by atoms with Crippen LogP contribution in [0.4, 0.5) is 0 Å². The van der Waals surface area contributed by atoms with Gasteiger partial charge in [-0.05, 0) is 51.1 Å². The first-order valence-electron chi connectivity index (χ1n) is 7.40. The van der Waals surface area contributed by atoms with Gasteiger partial charge < -0.3 is 15.1 Å². The minimum atomic E-state index is -0.234. The Morgan fingerprint density at radius 2 is 2.05 bits per heavy atom. The number of piperazine rings is 1. The van der Waals surface area contributed by atoms with Crippen LogP contribution in [0, 0.1) is 11.8 Å². The number of nitrogens with one attached hydrogen (secondary N) is 1. The third-order valence-electron chi connectivity index (χ3n) is 4.52. The summed E-state index contributed by atoms with van der Waals surface area (Å²) >= 11 is 0. The maximum atomic E-state index is 12.4. The average molecular weight is 265 g/mol. The molecule has 5 nitrogen and oxygen atoms in total. The van der Waals surface area contributed by atoms with Gasteiger partial charge in [0.1, 0.15) is 6.04 Å². The Bertz CT molecular complexity index is 381. The summed E-state index contributed by atoms with van der Waals surface area (Å²) in [6.45, 7) is 3.19. The predicted molar refractivity (Wildman–Crippen MR) is 71.5 cm³/mol. The van der Waals surface area contributed by atoms with Crippen LogP contribution in [-0.2, 0) is 9.59 Å². The SMILES string of the molecule is CN1CCCC(CN2CC(=O)NC(C3CC3)C2=O)C1. The zero-order valence-electron chi connectivity index (χ0n) is 11.6. The van der Waals surface area contributed by atoms with Gasteiger partial charge in [-0.2, -0.15) is 0 Å². The molecule has 1 saturated carbocycles. The molecule has 0 aromatic rings. The molecule has 0 aromatic heterocycles. The topological polar surface area (TPSA) is 52.6 Å². The van der Waals surface area contributed by atoms with Crippen molar-refractivity contribution in [3.63, 3.8) is 0 Å². The van der Waals surface area contributed by atoms with Crippen molar-refractivity contribution in [2.24, 2.45) is 11.8 Å². The number of amides is 2. The maximum absolute atomic E-state index is 12.4. The molecule has 2 heterocycles. The maximum Gasteiger partial charge on any atom is 0.245 e. The molecule has 2 aliphatic heterocycles. The molecule has 106 valence electrons. The van der Waals surface area contributed by atoms with E-state index < -0.39 is 0 Å². The zero-order valence-corrected chi connectivity index (χ0v) is 11.6. The van der Waals surface area contributed by atoms with Crippen molar-refractivity contribution in [2.45, 2.75) is 31.7 Å². The highest BCUT2D eigenvalue weighted by molar-refractivity contribution is 5.95. The number of carbonyl (C=O) groups is 2. The van der Waals surface area contributed by atoms with Crippen LogP contribution in [0.5, 0.6) is 0 Å². The summed E-state index contributed by atoms with van der Waals surface area (Å²) in [6, 6.07) is -0.234. The molecule has 3 rings (SSSR count). The molecule has 0 spiro atoms. The fraction of sp³-hybridized carbons (Fsp3) is 0.857. The summed E-state index contributed by atoms with van der Waals surface area (Å²) in [6.07, 6.45) is 4.53. The summed E-state index contributed by atoms with van der Waals surface area (Å²) < 4.78 is 0. The fourth-order valence-corrected chi connectivity index (χ4v) is 3.37. The average Bonchev–Trinajstić information content (AvgIpc) is 3.17. The third kappa shape index (κ3) is 2.91. The molecule has 19 heavy (non-hydrogen) atoms. The molecule has 3 fully saturated rings. The second-order valence-electron chi connectivity index (χ2n) is 6.37. The van der Waals surface area contributed by atoms with Crippen molar-refractivity contribution in [1.82, 2.24) is 15.1 Å². The number of hydrogen-bond donors (Lipinski definition) is 1. The van der Waals surface area contributed by atoms with Crippen LogP contribution in [0.2, 0.25) is 0 Å². The van der Waals surface area contributed by atoms with Gasteiger partial charge in [-0.1, -0.05) is 0 Å². The van der Waals surface area contributed by atoms with Gasteiger partial charge >= 0.3 is 0 Å². The molecule has 0 bridgehead atoms. The second kappa shape index (κ2) is 5.12. The van der Waals surface area contributed by atoms with Crippen LogP contribution in [0.25, 0.3) is 0 Å². The number of rotatable bonds is 3. The molecule has 1 aliphatic carbocycles. The van der Waals surface area contributed by atoms with Crippen molar-refractivity contribution >= 4 is 11.8 Å². The lowest BCUT2D eigenvalue weighted by Gasteiger charge is -2.37. The van der Waals surface area contributed by atoms with E-state index in [0.29, 0.717) is 11.8 Å². The predicted octanol–water partition coefficient (Wildman–Crippen LogP) is 0.0652. The minimum absolute atomic E-state index is 0.0145. The summed E-state index contributed by atoms with van der Waals surface area (Å²) in [7, 11) is 2.13. The molecule has 2 unspecified atom stereocenters. The van der Waals surface area contributed by atoms with Crippen molar-refractivity contribution in [3.8, 4) is 0 Å². The highest BCUT2D eigenvalue weighted by Crippen LogP contribution is 2.34. The Morgan fingerprint density at radius 3 is 2.74 bits per heavy atom. The van der Waals surface area contributed by atoms with Gasteiger partial charge in [0, 0.05) is 13.1 Å². The highest BCUT2D eigenvalue weighted by atomic mass is 16.2. The number of piperidine rings is 1. The second-order valence-corrected chi connectivity index (χ2v) is 6.37. The standard InChI is InChI=1S/C14H23N3O2/c1-16-6-2-3-10(7-16)8-17-9-12(18)15-13(14(17)19)11-4-5-11/h10-11,13H,2-9H2,1H3,(H,15,18). The van der Waals surface area contributed by atoms with E-state index >= 15 is 0 Å². The van der Waals surface area contributed by atoms with E-state index in [2.05, 4.69) is 17.3 Å². The van der Waals surface area contributed by atoms with Gasteiger partial charge in [0.2, 0.25) is 11.8 Å². The van der Waals surface area contributed by atoms with Gasteiger partial charge in [-0.3, -0.25) is 9.59 Å². The smallest absolute Gasteiger partial charge is 0.245 e. The van der Waals surface area contributed by atoms with Crippen LogP contribution in [-0.4, -0.2) is 60.9 Å². The van der Waals surface area contributed by atoms with Gasteiger partial charge in [0.15, 0.2) is 0 Å². The summed E-state index contributed by atoms with van der Waals surface area (Å²) in [5, 5.41) is 2.86. The lowest BCUT2D eigenvalue weighted by Crippen LogP contribution is -2.60. The van der Waals surface area contributed by atoms with Crippen molar-refractivity contribution in [2.75, 3.05) is 33.2 Å². The highest BCUT2D eigenvalue weighted by Gasteiger charge is 2.43. The molecule has 2 saturated heterocycles. The van der Waals surface area contributed by atoms with Crippen LogP contribution in [0.15, 0.2) is 0 Å². The van der Waals surface area contributed by atoms with Crippen molar-refractivity contribution in [3.05, 3.63) is 0 Å². The monoisotopic (exact) mass is 265 g/mol. The number of nitrogens with zero attached hydrogens (tertiary/aromatic N) is 2. The first-order chi connectivity index (χ1) is 9.13. The van der Waals surface area contributed by atoms with E-state index in [1.165, 1.54) is 12.8 Å². The first kappa shape index (κ1) is 12.9. The number of likely N-dealkylation sites (tertiary alicyclic amines) is 1. The first-order valence-corrected chi connectivity index (χ1v) is 7.40. The molecular weight excluding hydrogens is 242 g/mol. The van der Waals surface area contributed by atoms with Gasteiger partial charge in [-0.15, -0.1) is 0 Å². The van der Waals surface area contributed by atoms with Crippen molar-refractivity contribution in [1.29, 1.82) is 0 Å². The lowest BCUT2D eigenvalue weighted by atomic mass is 9.97. The van der Waals surface area contributed by atoms with E-state index in [1.807, 2.05) is 0 Å². The van der Waals surface area contributed by atoms with Crippen LogP contribution < -0.4 is 5.32 Å². The third-order valence-corrected chi connectivity index (χ3v) is 4.52. The van der Waals surface area contributed by atoms with Crippen LogP contribution in [0.3, 0.4) is 0 Å². The van der Waals surface area contributed by atoms with E-state index in [9.17, 15) is 9.59 Å². The molecule has 3 aliphatic rings. The van der Waals surface area contributed by atoms with Crippen LogP contribution >= 0.6 is 0 Å². The molecule has 1 N–H and O–H groups in total. The molecule has 5 heteroatoms. The van der Waals surface area contributed by atoms with Crippen molar-refractivity contribution < 1.29 is 9.59 Å². The molecular formula is C14H23N3O2. The zero-order chi connectivity index (χ0) is 13.4. The molecule has 2 atom stereocenters. The van der Waals surface area contributed by atoms with Gasteiger partial charge in [-0.25, -0.2) is 0 Å². The molecule has 0 aromatic carbocycles. The summed E-state index contributed by atoms with van der Waals surface area (Å²) in [4.78, 5) is 28.3. The largest absolute Gasteiger partial charge is 0.342 e. The van der Waals surface area contributed by atoms with E-state index in [0.717, 1.165) is 32.5 Å². The van der Waals surface area contributed by atoms with Crippen LogP contribution in [0.1, 0.15) is 25.7 Å². The summed E-state index contributed by atoms with van der Waals surface area (Å²) in [5.74, 6) is 1.08. The Balaban J connectivity index is 1.62. The quantitative estimate of drug-likeness (QED) is 0.785. The fourth-order valence-electron chi connectivity index (χ4n) is 3.37. The van der Waals surface area contributed by atoms with E-state index in [4.69, 9.17) is 0 Å². The molecule has 2 amide bonds. The number of carbonyl (C=O) groups excluding carboxylic acids is 2.